The van der Waals surface area contributed by atoms with Gasteiger partial charge in [0, 0.05) is 17.1 Å². The SMILES string of the molecule is Cc1ccc2oc(-c3ccccc3C(=O)Nc3cccc4cccnc34)nc2c1. The molecule has 0 unspecified atom stereocenters. The molecule has 0 aliphatic carbocycles. The van der Waals surface area contributed by atoms with Gasteiger partial charge in [-0.3, -0.25) is 9.78 Å². The van der Waals surface area contributed by atoms with Crippen LogP contribution in [-0.4, -0.2) is 15.9 Å². The highest BCUT2D eigenvalue weighted by Gasteiger charge is 2.18. The van der Waals surface area contributed by atoms with Gasteiger partial charge in [-0.2, -0.15) is 0 Å². The molecule has 0 bridgehead atoms. The third-order valence-electron chi connectivity index (χ3n) is 4.83. The van der Waals surface area contributed by atoms with E-state index >= 15 is 0 Å². The second-order valence-electron chi connectivity index (χ2n) is 6.87. The number of pyridine rings is 1. The summed E-state index contributed by atoms with van der Waals surface area (Å²) in [6.07, 6.45) is 1.71. The number of nitrogens with one attached hydrogen (secondary N) is 1. The molecule has 1 N–H and O–H groups in total. The van der Waals surface area contributed by atoms with Crippen molar-refractivity contribution in [3.8, 4) is 11.5 Å². The zero-order valence-corrected chi connectivity index (χ0v) is 15.7. The van der Waals surface area contributed by atoms with Gasteiger partial charge < -0.3 is 9.73 Å². The van der Waals surface area contributed by atoms with Gasteiger partial charge >= 0.3 is 0 Å². The molecular formula is C24H17N3O2. The molecule has 0 spiro atoms. The lowest BCUT2D eigenvalue weighted by atomic mass is 10.1. The highest BCUT2D eigenvalue weighted by atomic mass is 16.3. The molecule has 3 aromatic carbocycles. The minimum Gasteiger partial charge on any atom is -0.436 e. The van der Waals surface area contributed by atoms with Crippen molar-refractivity contribution in [2.45, 2.75) is 6.92 Å². The Kier molecular flexibility index (Phi) is 4.06. The summed E-state index contributed by atoms with van der Waals surface area (Å²) in [6, 6.07) is 22.7. The van der Waals surface area contributed by atoms with Crippen LogP contribution in [0.2, 0.25) is 0 Å². The van der Waals surface area contributed by atoms with Gasteiger partial charge in [-0.05, 0) is 48.9 Å². The van der Waals surface area contributed by atoms with E-state index < -0.39 is 0 Å². The number of oxazole rings is 1. The molecule has 0 radical (unpaired) electrons. The molecule has 0 saturated heterocycles. The quantitative estimate of drug-likeness (QED) is 0.443. The summed E-state index contributed by atoms with van der Waals surface area (Å²) in [5.74, 6) is 0.185. The van der Waals surface area contributed by atoms with Crippen LogP contribution >= 0.6 is 0 Å². The molecule has 29 heavy (non-hydrogen) atoms. The first-order chi connectivity index (χ1) is 14.2. The Balaban J connectivity index is 1.55. The number of carbonyl (C=O) groups excluding carboxylic acids is 1. The van der Waals surface area contributed by atoms with E-state index in [-0.39, 0.29) is 5.91 Å². The Labute approximate surface area is 167 Å². The maximum absolute atomic E-state index is 13.1. The van der Waals surface area contributed by atoms with Gasteiger partial charge in [0.2, 0.25) is 5.89 Å². The maximum atomic E-state index is 13.1. The van der Waals surface area contributed by atoms with Crippen molar-refractivity contribution < 1.29 is 9.21 Å². The number of para-hydroxylation sites is 1. The van der Waals surface area contributed by atoms with Crippen molar-refractivity contribution in [1.29, 1.82) is 0 Å². The van der Waals surface area contributed by atoms with Crippen LogP contribution in [0.25, 0.3) is 33.5 Å². The summed E-state index contributed by atoms with van der Waals surface area (Å²) in [7, 11) is 0. The molecule has 0 aliphatic rings. The molecule has 0 aliphatic heterocycles. The fourth-order valence-electron chi connectivity index (χ4n) is 3.42. The summed E-state index contributed by atoms with van der Waals surface area (Å²) in [4.78, 5) is 22.1. The Morgan fingerprint density at radius 3 is 2.76 bits per heavy atom. The van der Waals surface area contributed by atoms with E-state index in [9.17, 15) is 4.79 Å². The van der Waals surface area contributed by atoms with Crippen LogP contribution in [0, 0.1) is 6.92 Å². The average Bonchev–Trinajstić information content (AvgIpc) is 3.17. The lowest BCUT2D eigenvalue weighted by Gasteiger charge is -2.10. The number of aryl methyl sites for hydroxylation is 1. The standard InChI is InChI=1S/C24H17N3O2/c1-15-11-12-21-20(14-15)27-24(29-21)18-9-3-2-8-17(18)23(28)26-19-10-4-6-16-7-5-13-25-22(16)19/h2-14H,1H3,(H,26,28). The first-order valence-corrected chi connectivity index (χ1v) is 9.31. The summed E-state index contributed by atoms with van der Waals surface area (Å²) in [6.45, 7) is 2.01. The molecule has 140 valence electrons. The normalized spacial score (nSPS) is 11.1. The third kappa shape index (κ3) is 3.12. The molecule has 2 aromatic heterocycles. The molecule has 5 heteroatoms. The number of hydrogen-bond donors (Lipinski definition) is 1. The first kappa shape index (κ1) is 17.1. The van der Waals surface area contributed by atoms with Gasteiger partial charge in [0.05, 0.1) is 16.8 Å². The van der Waals surface area contributed by atoms with Gasteiger partial charge in [-0.25, -0.2) is 4.98 Å². The predicted molar refractivity (Wildman–Crippen MR) is 114 cm³/mol. The predicted octanol–water partition coefficient (Wildman–Crippen LogP) is 5.60. The Bertz CT molecular complexity index is 1370. The fourth-order valence-corrected chi connectivity index (χ4v) is 3.42. The van der Waals surface area contributed by atoms with Crippen molar-refractivity contribution >= 4 is 33.6 Å². The molecule has 5 nitrogen and oxygen atoms in total. The lowest BCUT2D eigenvalue weighted by Crippen LogP contribution is -2.13. The van der Waals surface area contributed by atoms with Gasteiger partial charge in [0.1, 0.15) is 5.52 Å². The second-order valence-corrected chi connectivity index (χ2v) is 6.87. The zero-order valence-electron chi connectivity index (χ0n) is 15.7. The molecule has 0 atom stereocenters. The lowest BCUT2D eigenvalue weighted by molar-refractivity contribution is 0.102. The molecular weight excluding hydrogens is 362 g/mol. The van der Waals surface area contributed by atoms with E-state index in [0.717, 1.165) is 22.0 Å². The van der Waals surface area contributed by atoms with E-state index in [4.69, 9.17) is 4.42 Å². The van der Waals surface area contributed by atoms with E-state index in [1.807, 2.05) is 73.7 Å². The number of aromatic nitrogens is 2. The van der Waals surface area contributed by atoms with Gasteiger partial charge in [-0.15, -0.1) is 0 Å². The Hall–Kier alpha value is -3.99. The van der Waals surface area contributed by atoms with Crippen LogP contribution in [-0.2, 0) is 0 Å². The van der Waals surface area contributed by atoms with Crippen LogP contribution in [0.1, 0.15) is 15.9 Å². The van der Waals surface area contributed by atoms with Gasteiger partial charge in [0.15, 0.2) is 5.58 Å². The minimum absolute atomic E-state index is 0.239. The van der Waals surface area contributed by atoms with Gasteiger partial charge in [0.25, 0.3) is 5.91 Å². The summed E-state index contributed by atoms with van der Waals surface area (Å²) in [5.41, 5.74) is 5.12. The monoisotopic (exact) mass is 379 g/mol. The largest absolute Gasteiger partial charge is 0.436 e. The van der Waals surface area contributed by atoms with Crippen molar-refractivity contribution in [3.63, 3.8) is 0 Å². The first-order valence-electron chi connectivity index (χ1n) is 9.31. The number of hydrogen-bond acceptors (Lipinski definition) is 4. The van der Waals surface area contributed by atoms with Crippen molar-refractivity contribution in [2.75, 3.05) is 5.32 Å². The van der Waals surface area contributed by atoms with E-state index in [2.05, 4.69) is 15.3 Å². The van der Waals surface area contributed by atoms with Crippen LogP contribution in [0.15, 0.2) is 83.4 Å². The number of anilines is 1. The Morgan fingerprint density at radius 1 is 0.966 bits per heavy atom. The summed E-state index contributed by atoms with van der Waals surface area (Å²) >= 11 is 0. The zero-order chi connectivity index (χ0) is 19.8. The topological polar surface area (TPSA) is 68.0 Å². The third-order valence-corrected chi connectivity index (χ3v) is 4.83. The van der Waals surface area contributed by atoms with Crippen LogP contribution in [0.4, 0.5) is 5.69 Å². The maximum Gasteiger partial charge on any atom is 0.256 e. The smallest absolute Gasteiger partial charge is 0.256 e. The van der Waals surface area contributed by atoms with E-state index in [0.29, 0.717) is 28.3 Å². The highest BCUT2D eigenvalue weighted by molar-refractivity contribution is 6.11. The number of benzene rings is 3. The molecule has 0 fully saturated rings. The van der Waals surface area contributed by atoms with Gasteiger partial charge in [-0.1, -0.05) is 36.4 Å². The molecule has 2 heterocycles. The molecule has 0 saturated carbocycles. The van der Waals surface area contributed by atoms with Crippen LogP contribution in [0.3, 0.4) is 0 Å². The van der Waals surface area contributed by atoms with Crippen molar-refractivity contribution in [1.82, 2.24) is 9.97 Å². The summed E-state index contributed by atoms with van der Waals surface area (Å²) < 4.78 is 5.92. The summed E-state index contributed by atoms with van der Waals surface area (Å²) in [5, 5.41) is 3.95. The fraction of sp³-hybridized carbons (Fsp3) is 0.0417. The van der Waals surface area contributed by atoms with Crippen LogP contribution < -0.4 is 5.32 Å². The number of carbonyl (C=O) groups is 1. The molecule has 1 amide bonds. The Morgan fingerprint density at radius 2 is 1.83 bits per heavy atom. The minimum atomic E-state index is -0.239. The molecule has 5 rings (SSSR count). The number of nitrogens with zero attached hydrogens (tertiary/aromatic N) is 2. The number of rotatable bonds is 3. The van der Waals surface area contributed by atoms with Crippen molar-refractivity contribution in [2.24, 2.45) is 0 Å². The number of fused-ring (bicyclic) bond motifs is 2. The van der Waals surface area contributed by atoms with E-state index in [1.165, 1.54) is 0 Å². The number of amides is 1. The average molecular weight is 379 g/mol. The molecule has 5 aromatic rings. The second kappa shape index (κ2) is 6.87. The van der Waals surface area contributed by atoms with E-state index in [1.54, 1.807) is 12.3 Å². The van der Waals surface area contributed by atoms with Crippen LogP contribution in [0.5, 0.6) is 0 Å². The van der Waals surface area contributed by atoms with Crippen molar-refractivity contribution in [3.05, 3.63) is 90.1 Å². The highest BCUT2D eigenvalue weighted by Crippen LogP contribution is 2.29.